The van der Waals surface area contributed by atoms with Crippen molar-refractivity contribution < 1.29 is 14.2 Å². The van der Waals surface area contributed by atoms with Gasteiger partial charge < -0.3 is 24.8 Å². The largest absolute Gasteiger partial charge is 0.496 e. The average Bonchev–Trinajstić information content (AvgIpc) is 2.69. The summed E-state index contributed by atoms with van der Waals surface area (Å²) in [6, 6.07) is 13.1. The molecule has 28 heavy (non-hydrogen) atoms. The summed E-state index contributed by atoms with van der Waals surface area (Å²) in [5.41, 5.74) is 0.989. The zero-order chi connectivity index (χ0) is 19.6. The quantitative estimate of drug-likeness (QED) is 0.312. The van der Waals surface area contributed by atoms with Crippen molar-refractivity contribution >= 4 is 41.5 Å². The number of halogens is 2. The highest BCUT2D eigenvalue weighted by atomic mass is 127. The Morgan fingerprint density at radius 2 is 1.71 bits per heavy atom. The molecule has 2 aromatic rings. The first-order valence-corrected chi connectivity index (χ1v) is 9.01. The Hall–Kier alpha value is -1.87. The number of guanidine groups is 1. The molecule has 0 heterocycles. The summed E-state index contributed by atoms with van der Waals surface area (Å²) in [6.45, 7) is 3.12. The Balaban J connectivity index is 0.00000392. The van der Waals surface area contributed by atoms with Gasteiger partial charge in [-0.3, -0.25) is 4.99 Å². The van der Waals surface area contributed by atoms with Crippen LogP contribution in [-0.2, 0) is 6.54 Å². The number of aliphatic imine (C=N–C) groups is 1. The Morgan fingerprint density at radius 1 is 1.04 bits per heavy atom. The van der Waals surface area contributed by atoms with Crippen LogP contribution < -0.4 is 24.8 Å². The van der Waals surface area contributed by atoms with E-state index in [4.69, 9.17) is 25.8 Å². The average molecular weight is 520 g/mol. The number of nitrogens with one attached hydrogen (secondary N) is 2. The predicted molar refractivity (Wildman–Crippen MR) is 125 cm³/mol. The van der Waals surface area contributed by atoms with Crippen molar-refractivity contribution in [2.45, 2.75) is 19.6 Å². The van der Waals surface area contributed by atoms with E-state index in [1.807, 2.05) is 43.3 Å². The van der Waals surface area contributed by atoms with Crippen molar-refractivity contribution in [3.05, 3.63) is 53.1 Å². The fraction of sp³-hybridized carbons (Fsp3) is 0.350. The third-order valence-corrected chi connectivity index (χ3v) is 4.11. The standard InChI is InChI=1S/C20H26ClN3O3.HI/c1-14(27-18-8-6-5-7-17(18)25-3)12-23-20(22-2)24-13-15-9-10-16(21)11-19(15)26-4;/h5-11,14H,12-13H2,1-4H3,(H2,22,23,24);1H. The van der Waals surface area contributed by atoms with Crippen LogP contribution in [0.25, 0.3) is 0 Å². The van der Waals surface area contributed by atoms with E-state index in [1.54, 1.807) is 27.3 Å². The summed E-state index contributed by atoms with van der Waals surface area (Å²) < 4.78 is 16.6. The summed E-state index contributed by atoms with van der Waals surface area (Å²) in [6.07, 6.45) is -0.0788. The first-order valence-electron chi connectivity index (χ1n) is 8.64. The minimum atomic E-state index is -0.0788. The van der Waals surface area contributed by atoms with Gasteiger partial charge in [0, 0.05) is 24.2 Å². The number of para-hydroxylation sites is 2. The van der Waals surface area contributed by atoms with Gasteiger partial charge in [0.2, 0.25) is 0 Å². The van der Waals surface area contributed by atoms with Gasteiger partial charge in [0.1, 0.15) is 11.9 Å². The van der Waals surface area contributed by atoms with Gasteiger partial charge in [0.25, 0.3) is 0 Å². The fourth-order valence-electron chi connectivity index (χ4n) is 2.48. The second-order valence-corrected chi connectivity index (χ2v) is 6.28. The van der Waals surface area contributed by atoms with Crippen LogP contribution in [-0.4, -0.2) is 39.9 Å². The zero-order valence-electron chi connectivity index (χ0n) is 16.5. The molecule has 0 radical (unpaired) electrons. The van der Waals surface area contributed by atoms with Gasteiger partial charge in [-0.15, -0.1) is 24.0 Å². The molecule has 0 saturated carbocycles. The predicted octanol–water partition coefficient (Wildman–Crippen LogP) is 4.11. The monoisotopic (exact) mass is 519 g/mol. The molecular weight excluding hydrogens is 493 g/mol. The number of ether oxygens (including phenoxy) is 3. The van der Waals surface area contributed by atoms with Crippen molar-refractivity contribution in [2.75, 3.05) is 27.8 Å². The highest BCUT2D eigenvalue weighted by Gasteiger charge is 2.10. The molecule has 0 aromatic heterocycles. The third-order valence-electron chi connectivity index (χ3n) is 3.87. The maximum Gasteiger partial charge on any atom is 0.191 e. The summed E-state index contributed by atoms with van der Waals surface area (Å²) in [5.74, 6) is 2.82. The first-order chi connectivity index (χ1) is 13.1. The van der Waals surface area contributed by atoms with E-state index >= 15 is 0 Å². The van der Waals surface area contributed by atoms with E-state index in [9.17, 15) is 0 Å². The molecule has 0 bridgehead atoms. The molecule has 0 spiro atoms. The molecule has 0 saturated heterocycles. The van der Waals surface area contributed by atoms with E-state index in [0.29, 0.717) is 35.6 Å². The summed E-state index contributed by atoms with van der Waals surface area (Å²) in [7, 11) is 4.97. The van der Waals surface area contributed by atoms with Crippen LogP contribution in [0.4, 0.5) is 0 Å². The molecule has 0 aliphatic heterocycles. The lowest BCUT2D eigenvalue weighted by Gasteiger charge is -2.19. The van der Waals surface area contributed by atoms with E-state index in [2.05, 4.69) is 15.6 Å². The van der Waals surface area contributed by atoms with E-state index in [0.717, 1.165) is 11.3 Å². The summed E-state index contributed by atoms with van der Waals surface area (Å²) in [5, 5.41) is 7.15. The number of methoxy groups -OCH3 is 2. The fourth-order valence-corrected chi connectivity index (χ4v) is 2.64. The second kappa shape index (κ2) is 12.6. The Labute approximate surface area is 188 Å². The molecule has 2 aromatic carbocycles. The lowest BCUT2D eigenvalue weighted by Crippen LogP contribution is -2.41. The molecule has 0 fully saturated rings. The normalized spacial score (nSPS) is 11.8. The Morgan fingerprint density at radius 3 is 2.36 bits per heavy atom. The zero-order valence-corrected chi connectivity index (χ0v) is 19.6. The van der Waals surface area contributed by atoms with Gasteiger partial charge in [-0.25, -0.2) is 0 Å². The van der Waals surface area contributed by atoms with Gasteiger partial charge in [0.15, 0.2) is 17.5 Å². The summed E-state index contributed by atoms with van der Waals surface area (Å²) >= 11 is 6.00. The topological polar surface area (TPSA) is 64.1 Å². The number of benzene rings is 2. The van der Waals surface area contributed by atoms with Crippen LogP contribution in [0.5, 0.6) is 17.2 Å². The highest BCUT2D eigenvalue weighted by Crippen LogP contribution is 2.26. The number of hydrogen-bond acceptors (Lipinski definition) is 4. The van der Waals surface area contributed by atoms with Crippen molar-refractivity contribution in [1.82, 2.24) is 10.6 Å². The van der Waals surface area contributed by atoms with Crippen LogP contribution in [0.3, 0.4) is 0 Å². The van der Waals surface area contributed by atoms with Gasteiger partial charge in [-0.2, -0.15) is 0 Å². The first kappa shape index (κ1) is 24.2. The third kappa shape index (κ3) is 7.27. The number of rotatable bonds is 8. The molecule has 0 amide bonds. The van der Waals surface area contributed by atoms with Crippen molar-refractivity contribution in [3.63, 3.8) is 0 Å². The van der Waals surface area contributed by atoms with Gasteiger partial charge in [-0.1, -0.05) is 29.8 Å². The molecule has 6 nitrogen and oxygen atoms in total. The lowest BCUT2D eigenvalue weighted by molar-refractivity contribution is 0.213. The smallest absolute Gasteiger partial charge is 0.191 e. The Bertz CT molecular complexity index is 774. The molecule has 2 rings (SSSR count). The van der Waals surface area contributed by atoms with Crippen molar-refractivity contribution in [3.8, 4) is 17.2 Å². The van der Waals surface area contributed by atoms with Gasteiger partial charge in [0.05, 0.1) is 20.8 Å². The molecule has 154 valence electrons. The maximum atomic E-state index is 6.00. The Kier molecular flexibility index (Phi) is 10.8. The molecule has 0 aliphatic rings. The van der Waals surface area contributed by atoms with E-state index in [1.165, 1.54) is 0 Å². The van der Waals surface area contributed by atoms with Gasteiger partial charge >= 0.3 is 0 Å². The van der Waals surface area contributed by atoms with Crippen LogP contribution in [0, 0.1) is 0 Å². The van der Waals surface area contributed by atoms with E-state index in [-0.39, 0.29) is 30.1 Å². The lowest BCUT2D eigenvalue weighted by atomic mass is 10.2. The van der Waals surface area contributed by atoms with Crippen molar-refractivity contribution in [1.29, 1.82) is 0 Å². The minimum absolute atomic E-state index is 0. The van der Waals surface area contributed by atoms with Gasteiger partial charge in [-0.05, 0) is 31.2 Å². The second-order valence-electron chi connectivity index (χ2n) is 5.84. The minimum Gasteiger partial charge on any atom is -0.496 e. The number of nitrogens with zero attached hydrogens (tertiary/aromatic N) is 1. The molecule has 1 unspecified atom stereocenters. The number of hydrogen-bond donors (Lipinski definition) is 2. The maximum absolute atomic E-state index is 6.00. The molecular formula is C20H27ClIN3O3. The molecule has 2 N–H and O–H groups in total. The van der Waals surface area contributed by atoms with Crippen LogP contribution in [0.2, 0.25) is 5.02 Å². The van der Waals surface area contributed by atoms with E-state index < -0.39 is 0 Å². The SMILES string of the molecule is CN=C(NCc1ccc(Cl)cc1OC)NCC(C)Oc1ccccc1OC.I. The summed E-state index contributed by atoms with van der Waals surface area (Å²) in [4.78, 5) is 4.24. The van der Waals surface area contributed by atoms with Crippen molar-refractivity contribution in [2.24, 2.45) is 4.99 Å². The molecule has 1 atom stereocenters. The van der Waals surface area contributed by atoms with Crippen LogP contribution >= 0.6 is 35.6 Å². The molecule has 8 heteroatoms. The van der Waals surface area contributed by atoms with Crippen LogP contribution in [0.15, 0.2) is 47.5 Å². The van der Waals surface area contributed by atoms with Crippen LogP contribution in [0.1, 0.15) is 12.5 Å². The highest BCUT2D eigenvalue weighted by molar-refractivity contribution is 14.0. The molecule has 0 aliphatic carbocycles.